The van der Waals surface area contributed by atoms with E-state index in [1.54, 1.807) is 10.9 Å². The fourth-order valence-electron chi connectivity index (χ4n) is 3.15. The Hall–Kier alpha value is -1.47. The van der Waals surface area contributed by atoms with E-state index in [4.69, 9.17) is 0 Å². The molecule has 1 unspecified atom stereocenters. The zero-order valence-corrected chi connectivity index (χ0v) is 12.2. The van der Waals surface area contributed by atoms with Gasteiger partial charge in [0.25, 0.3) is 5.91 Å². The molecule has 2 N–H and O–H groups in total. The lowest BCUT2D eigenvalue weighted by atomic mass is 10.1. The highest BCUT2D eigenvalue weighted by molar-refractivity contribution is 5.91. The van der Waals surface area contributed by atoms with E-state index >= 15 is 0 Å². The predicted molar refractivity (Wildman–Crippen MR) is 77.0 cm³/mol. The molecule has 1 saturated carbocycles. The van der Waals surface area contributed by atoms with Crippen LogP contribution in [0, 0.1) is 5.92 Å². The van der Waals surface area contributed by atoms with Gasteiger partial charge in [0.15, 0.2) is 5.69 Å². The number of likely N-dealkylation sites (tertiary alicyclic amines) is 1. The molecule has 0 radical (unpaired) electrons. The van der Waals surface area contributed by atoms with Crippen molar-refractivity contribution < 1.29 is 4.79 Å². The van der Waals surface area contributed by atoms with Gasteiger partial charge in [-0.1, -0.05) is 5.21 Å². The Kier molecular flexibility index (Phi) is 3.39. The molecule has 3 aliphatic rings. The van der Waals surface area contributed by atoms with Gasteiger partial charge in [0.05, 0.1) is 12.2 Å². The normalized spacial score (nSPS) is 26.8. The van der Waals surface area contributed by atoms with Crippen molar-refractivity contribution in [2.45, 2.75) is 31.3 Å². The van der Waals surface area contributed by atoms with Crippen LogP contribution in [-0.2, 0) is 0 Å². The second-order valence-corrected chi connectivity index (χ2v) is 6.49. The van der Waals surface area contributed by atoms with E-state index in [0.29, 0.717) is 17.7 Å². The van der Waals surface area contributed by atoms with E-state index in [9.17, 15) is 4.79 Å². The predicted octanol–water partition coefficient (Wildman–Crippen LogP) is -0.363. The van der Waals surface area contributed by atoms with Crippen molar-refractivity contribution in [3.63, 3.8) is 0 Å². The third kappa shape index (κ3) is 2.80. The van der Waals surface area contributed by atoms with E-state index in [-0.39, 0.29) is 5.91 Å². The zero-order chi connectivity index (χ0) is 14.2. The summed E-state index contributed by atoms with van der Waals surface area (Å²) in [4.78, 5) is 14.7. The van der Waals surface area contributed by atoms with Gasteiger partial charge in [0, 0.05) is 32.2 Å². The molecular weight excluding hydrogens is 268 g/mol. The Labute approximate surface area is 124 Å². The fourth-order valence-corrected chi connectivity index (χ4v) is 3.15. The molecule has 1 aliphatic carbocycles. The molecule has 2 aliphatic heterocycles. The topological polar surface area (TPSA) is 75.1 Å². The smallest absolute Gasteiger partial charge is 0.273 e. The highest BCUT2D eigenvalue weighted by atomic mass is 16.2. The van der Waals surface area contributed by atoms with Gasteiger partial charge < -0.3 is 15.5 Å². The lowest BCUT2D eigenvalue weighted by Crippen LogP contribution is -2.43. The van der Waals surface area contributed by atoms with Crippen molar-refractivity contribution in [1.82, 2.24) is 30.5 Å². The maximum absolute atomic E-state index is 12.1. The molecule has 7 nitrogen and oxygen atoms in total. The van der Waals surface area contributed by atoms with Gasteiger partial charge in [0.1, 0.15) is 0 Å². The largest absolute Gasteiger partial charge is 0.350 e. The van der Waals surface area contributed by atoms with Crippen LogP contribution < -0.4 is 10.6 Å². The molecular formula is C14H22N6O. The summed E-state index contributed by atoms with van der Waals surface area (Å²) < 4.78 is 1.79. The highest BCUT2D eigenvalue weighted by Gasteiger charge is 2.34. The number of hydrogen-bond acceptors (Lipinski definition) is 5. The van der Waals surface area contributed by atoms with Gasteiger partial charge >= 0.3 is 0 Å². The number of nitrogens with one attached hydrogen (secondary N) is 2. The molecule has 0 spiro atoms. The standard InChI is InChI=1S/C14H22N6O/c21-14(13-9-20(18-17-13)12-6-15-7-12)16-5-10-3-4-19(8-10)11-1-2-11/h9-12,15H,1-8H2,(H,16,21). The van der Waals surface area contributed by atoms with Crippen LogP contribution in [0.5, 0.6) is 0 Å². The first-order chi connectivity index (χ1) is 10.3. The van der Waals surface area contributed by atoms with Gasteiger partial charge in [-0.15, -0.1) is 5.10 Å². The maximum Gasteiger partial charge on any atom is 0.273 e. The number of hydrogen-bond donors (Lipinski definition) is 2. The number of nitrogens with zero attached hydrogens (tertiary/aromatic N) is 4. The molecule has 1 atom stereocenters. The molecule has 21 heavy (non-hydrogen) atoms. The van der Waals surface area contributed by atoms with E-state index in [1.807, 2.05) is 0 Å². The molecule has 1 amide bonds. The molecule has 114 valence electrons. The van der Waals surface area contributed by atoms with Crippen LogP contribution in [0.3, 0.4) is 0 Å². The van der Waals surface area contributed by atoms with Crippen LogP contribution in [0.1, 0.15) is 35.8 Å². The summed E-state index contributed by atoms with van der Waals surface area (Å²) in [6, 6.07) is 1.18. The first-order valence-corrected chi connectivity index (χ1v) is 7.94. The third-order valence-electron chi connectivity index (χ3n) is 4.81. The summed E-state index contributed by atoms with van der Waals surface area (Å²) in [5.41, 5.74) is 0.430. The highest BCUT2D eigenvalue weighted by Crippen LogP contribution is 2.31. The number of aromatic nitrogens is 3. The molecule has 1 aromatic heterocycles. The lowest BCUT2D eigenvalue weighted by molar-refractivity contribution is 0.0942. The van der Waals surface area contributed by atoms with Crippen molar-refractivity contribution in [1.29, 1.82) is 0 Å². The Morgan fingerprint density at radius 2 is 2.19 bits per heavy atom. The third-order valence-corrected chi connectivity index (χ3v) is 4.81. The minimum absolute atomic E-state index is 0.0987. The van der Waals surface area contributed by atoms with Crippen molar-refractivity contribution in [2.24, 2.45) is 5.92 Å². The molecule has 3 fully saturated rings. The minimum atomic E-state index is -0.0987. The van der Waals surface area contributed by atoms with E-state index < -0.39 is 0 Å². The van der Waals surface area contributed by atoms with Crippen LogP contribution in [0.2, 0.25) is 0 Å². The molecule has 7 heteroatoms. The fraction of sp³-hybridized carbons (Fsp3) is 0.786. The molecule has 0 bridgehead atoms. The van der Waals surface area contributed by atoms with Crippen molar-refractivity contribution in [3.8, 4) is 0 Å². The molecule has 2 saturated heterocycles. The Bertz CT molecular complexity index is 521. The quantitative estimate of drug-likeness (QED) is 0.774. The van der Waals surface area contributed by atoms with Gasteiger partial charge in [-0.05, 0) is 31.7 Å². The van der Waals surface area contributed by atoms with Crippen LogP contribution in [-0.4, -0.2) is 64.6 Å². The van der Waals surface area contributed by atoms with Crippen LogP contribution >= 0.6 is 0 Å². The number of rotatable bonds is 5. The SMILES string of the molecule is O=C(NCC1CCN(C2CC2)C1)c1cn(C2CNC2)nn1. The monoisotopic (exact) mass is 290 g/mol. The summed E-state index contributed by atoms with van der Waals surface area (Å²) in [5, 5.41) is 14.2. The summed E-state index contributed by atoms with van der Waals surface area (Å²) in [6.07, 6.45) is 5.67. The van der Waals surface area contributed by atoms with E-state index in [1.165, 1.54) is 25.8 Å². The Morgan fingerprint density at radius 3 is 2.90 bits per heavy atom. The zero-order valence-electron chi connectivity index (χ0n) is 12.2. The minimum Gasteiger partial charge on any atom is -0.350 e. The van der Waals surface area contributed by atoms with Gasteiger partial charge in [-0.25, -0.2) is 4.68 Å². The summed E-state index contributed by atoms with van der Waals surface area (Å²) >= 11 is 0. The summed E-state index contributed by atoms with van der Waals surface area (Å²) in [6.45, 7) is 4.88. The van der Waals surface area contributed by atoms with Gasteiger partial charge in [-0.2, -0.15) is 0 Å². The second kappa shape index (κ2) is 5.38. The summed E-state index contributed by atoms with van der Waals surface area (Å²) in [7, 11) is 0. The molecule has 4 rings (SSSR count). The van der Waals surface area contributed by atoms with Crippen LogP contribution in [0.25, 0.3) is 0 Å². The Balaban J connectivity index is 1.26. The lowest BCUT2D eigenvalue weighted by Gasteiger charge is -2.26. The Morgan fingerprint density at radius 1 is 1.33 bits per heavy atom. The van der Waals surface area contributed by atoms with Crippen LogP contribution in [0.4, 0.5) is 0 Å². The number of carbonyl (C=O) groups excluding carboxylic acids is 1. The molecule has 0 aromatic carbocycles. The van der Waals surface area contributed by atoms with Crippen LogP contribution in [0.15, 0.2) is 6.20 Å². The van der Waals surface area contributed by atoms with Gasteiger partial charge in [-0.3, -0.25) is 4.79 Å². The van der Waals surface area contributed by atoms with Crippen molar-refractivity contribution in [2.75, 3.05) is 32.7 Å². The van der Waals surface area contributed by atoms with E-state index in [2.05, 4.69) is 25.8 Å². The van der Waals surface area contributed by atoms with E-state index in [0.717, 1.165) is 32.2 Å². The summed E-state index contributed by atoms with van der Waals surface area (Å²) in [5.74, 6) is 0.485. The van der Waals surface area contributed by atoms with Crippen molar-refractivity contribution >= 4 is 5.91 Å². The first kappa shape index (κ1) is 13.2. The first-order valence-electron chi connectivity index (χ1n) is 7.94. The molecule has 1 aromatic rings. The second-order valence-electron chi connectivity index (χ2n) is 6.49. The number of amides is 1. The van der Waals surface area contributed by atoms with Gasteiger partial charge in [0.2, 0.25) is 0 Å². The number of carbonyl (C=O) groups is 1. The average Bonchev–Trinajstić information content (AvgIpc) is 2.98. The average molecular weight is 290 g/mol. The van der Waals surface area contributed by atoms with Crippen molar-refractivity contribution in [3.05, 3.63) is 11.9 Å². The molecule has 3 heterocycles. The maximum atomic E-state index is 12.1.